The Labute approximate surface area is 149 Å². The normalized spacial score (nSPS) is 11.5. The van der Waals surface area contributed by atoms with Crippen LogP contribution in [-0.2, 0) is 6.54 Å². The summed E-state index contributed by atoms with van der Waals surface area (Å²) in [4.78, 5) is 26.3. The van der Waals surface area contributed by atoms with Gasteiger partial charge < -0.3 is 15.5 Å². The molecule has 0 fully saturated rings. The quantitative estimate of drug-likeness (QED) is 0.839. The molecule has 0 saturated carbocycles. The fourth-order valence-electron chi connectivity index (χ4n) is 2.51. The SMILES string of the molecule is CCC(C)N(Cc1ccccc1)C(=O)Nc1cccc(C(=O)NC)c1. The molecule has 132 valence electrons. The van der Waals surface area contributed by atoms with Gasteiger partial charge in [-0.25, -0.2) is 4.79 Å². The fraction of sp³-hybridized carbons (Fsp3) is 0.300. The number of nitrogens with one attached hydrogen (secondary N) is 2. The lowest BCUT2D eigenvalue weighted by atomic mass is 10.1. The standard InChI is InChI=1S/C20H25N3O2/c1-4-15(2)23(14-16-9-6-5-7-10-16)20(25)22-18-12-8-11-17(13-18)19(24)21-3/h5-13,15H,4,14H2,1-3H3,(H,21,24)(H,22,25). The highest BCUT2D eigenvalue weighted by atomic mass is 16.2. The van der Waals surface area contributed by atoms with E-state index in [0.29, 0.717) is 17.8 Å². The topological polar surface area (TPSA) is 61.4 Å². The molecule has 0 aliphatic heterocycles. The second-order valence-electron chi connectivity index (χ2n) is 5.96. The molecule has 25 heavy (non-hydrogen) atoms. The van der Waals surface area contributed by atoms with E-state index in [2.05, 4.69) is 17.6 Å². The monoisotopic (exact) mass is 339 g/mol. The van der Waals surface area contributed by atoms with Gasteiger partial charge in [-0.15, -0.1) is 0 Å². The highest BCUT2D eigenvalue weighted by molar-refractivity contribution is 5.96. The average molecular weight is 339 g/mol. The summed E-state index contributed by atoms with van der Waals surface area (Å²) in [5.74, 6) is -0.181. The molecule has 1 atom stereocenters. The van der Waals surface area contributed by atoms with E-state index in [0.717, 1.165) is 12.0 Å². The largest absolute Gasteiger partial charge is 0.355 e. The molecule has 0 aliphatic rings. The van der Waals surface area contributed by atoms with E-state index in [1.165, 1.54) is 0 Å². The molecule has 0 spiro atoms. The predicted molar refractivity (Wildman–Crippen MR) is 101 cm³/mol. The van der Waals surface area contributed by atoms with Crippen molar-refractivity contribution in [1.29, 1.82) is 0 Å². The zero-order valence-electron chi connectivity index (χ0n) is 15.0. The highest BCUT2D eigenvalue weighted by Gasteiger charge is 2.19. The first-order chi connectivity index (χ1) is 12.0. The van der Waals surface area contributed by atoms with Crippen LogP contribution in [0.5, 0.6) is 0 Å². The van der Waals surface area contributed by atoms with Crippen molar-refractivity contribution in [2.45, 2.75) is 32.9 Å². The van der Waals surface area contributed by atoms with Crippen LogP contribution in [0.15, 0.2) is 54.6 Å². The molecule has 5 nitrogen and oxygen atoms in total. The molecular weight excluding hydrogens is 314 g/mol. The minimum Gasteiger partial charge on any atom is -0.355 e. The lowest BCUT2D eigenvalue weighted by Gasteiger charge is -2.29. The molecule has 2 aromatic carbocycles. The Morgan fingerprint density at radius 3 is 2.44 bits per heavy atom. The second kappa shape index (κ2) is 8.87. The fourth-order valence-corrected chi connectivity index (χ4v) is 2.51. The Morgan fingerprint density at radius 1 is 1.08 bits per heavy atom. The summed E-state index contributed by atoms with van der Waals surface area (Å²) in [6.45, 7) is 4.63. The van der Waals surface area contributed by atoms with Crippen molar-refractivity contribution in [1.82, 2.24) is 10.2 Å². The number of carbonyl (C=O) groups excluding carboxylic acids is 2. The van der Waals surface area contributed by atoms with Crippen molar-refractivity contribution in [3.05, 3.63) is 65.7 Å². The van der Waals surface area contributed by atoms with Gasteiger partial charge in [0.2, 0.25) is 0 Å². The lowest BCUT2D eigenvalue weighted by Crippen LogP contribution is -2.40. The van der Waals surface area contributed by atoms with Gasteiger partial charge in [-0.3, -0.25) is 4.79 Å². The zero-order chi connectivity index (χ0) is 18.2. The summed E-state index contributed by atoms with van der Waals surface area (Å²) in [6, 6.07) is 16.8. The zero-order valence-corrected chi connectivity index (χ0v) is 15.0. The Balaban J connectivity index is 2.15. The minimum absolute atomic E-state index is 0.0994. The summed E-state index contributed by atoms with van der Waals surface area (Å²) in [6.07, 6.45) is 0.860. The number of anilines is 1. The minimum atomic E-state index is -0.181. The van der Waals surface area contributed by atoms with Gasteiger partial charge in [0.05, 0.1) is 0 Å². The predicted octanol–water partition coefficient (Wildman–Crippen LogP) is 3.88. The molecule has 2 rings (SSSR count). The molecule has 0 bridgehead atoms. The molecule has 5 heteroatoms. The van der Waals surface area contributed by atoms with E-state index in [1.54, 1.807) is 31.3 Å². The van der Waals surface area contributed by atoms with Crippen molar-refractivity contribution in [3.8, 4) is 0 Å². The molecular formula is C20H25N3O2. The molecule has 1 unspecified atom stereocenters. The molecule has 0 heterocycles. The second-order valence-corrected chi connectivity index (χ2v) is 5.96. The van der Waals surface area contributed by atoms with Crippen molar-refractivity contribution in [2.75, 3.05) is 12.4 Å². The summed E-state index contributed by atoms with van der Waals surface area (Å²) < 4.78 is 0. The molecule has 3 amide bonds. The first-order valence-corrected chi connectivity index (χ1v) is 8.48. The Morgan fingerprint density at radius 2 is 1.80 bits per heavy atom. The van der Waals surface area contributed by atoms with Crippen LogP contribution >= 0.6 is 0 Å². The molecule has 0 radical (unpaired) electrons. The molecule has 0 aromatic heterocycles. The Hall–Kier alpha value is -2.82. The van der Waals surface area contributed by atoms with Gasteiger partial charge in [-0.05, 0) is 37.1 Å². The summed E-state index contributed by atoms with van der Waals surface area (Å²) in [5.41, 5.74) is 2.20. The van der Waals surface area contributed by atoms with E-state index < -0.39 is 0 Å². The van der Waals surface area contributed by atoms with Crippen molar-refractivity contribution < 1.29 is 9.59 Å². The van der Waals surface area contributed by atoms with Gasteiger partial charge in [-0.1, -0.05) is 43.3 Å². The highest BCUT2D eigenvalue weighted by Crippen LogP contribution is 2.15. The summed E-state index contributed by atoms with van der Waals surface area (Å²) in [5, 5.41) is 5.49. The molecule has 2 N–H and O–H groups in total. The van der Waals surface area contributed by atoms with Gasteiger partial charge in [0.25, 0.3) is 5.91 Å². The Kier molecular flexibility index (Phi) is 6.57. The first kappa shape index (κ1) is 18.5. The van der Waals surface area contributed by atoms with Crippen molar-refractivity contribution >= 4 is 17.6 Å². The number of carbonyl (C=O) groups is 2. The van der Waals surface area contributed by atoms with Gasteiger partial charge in [0, 0.05) is 30.9 Å². The molecule has 2 aromatic rings. The van der Waals surface area contributed by atoms with Gasteiger partial charge >= 0.3 is 6.03 Å². The average Bonchev–Trinajstić information content (AvgIpc) is 2.65. The third-order valence-electron chi connectivity index (χ3n) is 4.18. The van der Waals surface area contributed by atoms with Crippen LogP contribution in [-0.4, -0.2) is 29.9 Å². The first-order valence-electron chi connectivity index (χ1n) is 8.48. The van der Waals surface area contributed by atoms with E-state index in [-0.39, 0.29) is 18.0 Å². The maximum Gasteiger partial charge on any atom is 0.322 e. The van der Waals surface area contributed by atoms with E-state index >= 15 is 0 Å². The summed E-state index contributed by atoms with van der Waals surface area (Å²) >= 11 is 0. The van der Waals surface area contributed by atoms with Crippen LogP contribution in [0, 0.1) is 0 Å². The van der Waals surface area contributed by atoms with E-state index in [4.69, 9.17) is 0 Å². The molecule has 0 aliphatic carbocycles. The number of hydrogen-bond acceptors (Lipinski definition) is 2. The number of benzene rings is 2. The maximum absolute atomic E-state index is 12.8. The van der Waals surface area contributed by atoms with E-state index in [1.807, 2.05) is 42.2 Å². The molecule has 0 saturated heterocycles. The van der Waals surface area contributed by atoms with Gasteiger partial charge in [0.15, 0.2) is 0 Å². The third kappa shape index (κ3) is 5.08. The number of amides is 3. The number of hydrogen-bond donors (Lipinski definition) is 2. The smallest absolute Gasteiger partial charge is 0.322 e. The number of rotatable bonds is 6. The third-order valence-corrected chi connectivity index (χ3v) is 4.18. The van der Waals surface area contributed by atoms with Crippen molar-refractivity contribution in [2.24, 2.45) is 0 Å². The van der Waals surface area contributed by atoms with Crippen LogP contribution in [0.1, 0.15) is 36.2 Å². The van der Waals surface area contributed by atoms with Crippen LogP contribution in [0.25, 0.3) is 0 Å². The van der Waals surface area contributed by atoms with Gasteiger partial charge in [0.1, 0.15) is 0 Å². The summed E-state index contributed by atoms with van der Waals surface area (Å²) in [7, 11) is 1.58. The van der Waals surface area contributed by atoms with Crippen LogP contribution < -0.4 is 10.6 Å². The van der Waals surface area contributed by atoms with Crippen LogP contribution in [0.2, 0.25) is 0 Å². The maximum atomic E-state index is 12.8. The van der Waals surface area contributed by atoms with Gasteiger partial charge in [-0.2, -0.15) is 0 Å². The van der Waals surface area contributed by atoms with Crippen molar-refractivity contribution in [3.63, 3.8) is 0 Å². The number of urea groups is 1. The van der Waals surface area contributed by atoms with Crippen LogP contribution in [0.4, 0.5) is 10.5 Å². The Bertz CT molecular complexity index is 716. The lowest BCUT2D eigenvalue weighted by molar-refractivity contribution is 0.0963. The van der Waals surface area contributed by atoms with Crippen LogP contribution in [0.3, 0.4) is 0 Å². The van der Waals surface area contributed by atoms with E-state index in [9.17, 15) is 9.59 Å². The number of nitrogens with zero attached hydrogens (tertiary/aromatic N) is 1.